The highest BCUT2D eigenvalue weighted by molar-refractivity contribution is 6.30. The lowest BCUT2D eigenvalue weighted by atomic mass is 9.99. The second-order valence-corrected chi connectivity index (χ2v) is 16.2. The van der Waals surface area contributed by atoms with Gasteiger partial charge in [-0.3, -0.25) is 28.8 Å². The third kappa shape index (κ3) is 9.74. The first-order valence-corrected chi connectivity index (χ1v) is 20.1. The Balaban J connectivity index is 1.31. The summed E-state index contributed by atoms with van der Waals surface area (Å²) in [5, 5.41) is 8.33. The minimum absolute atomic E-state index is 0.00150. The van der Waals surface area contributed by atoms with Crippen LogP contribution in [0.2, 0.25) is 5.02 Å². The summed E-state index contributed by atoms with van der Waals surface area (Å²) in [6.45, 7) is 5.39. The highest BCUT2D eigenvalue weighted by Gasteiger charge is 2.46. The molecule has 0 spiro atoms. The van der Waals surface area contributed by atoms with Crippen molar-refractivity contribution in [3.05, 3.63) is 70.0 Å². The number of piperidine rings is 1. The molecule has 4 saturated heterocycles. The largest absolute Gasteiger partial charge is 0.461 e. The molecule has 0 saturated carbocycles. The molecule has 3 N–H and O–H groups in total. The lowest BCUT2D eigenvalue weighted by Crippen LogP contribution is -2.62. The van der Waals surface area contributed by atoms with E-state index >= 15 is 0 Å². The summed E-state index contributed by atoms with van der Waals surface area (Å²) in [6, 6.07) is 4.68. The number of ether oxygens (including phenoxy) is 1. The van der Waals surface area contributed by atoms with Crippen LogP contribution in [0.5, 0.6) is 0 Å². The maximum Gasteiger partial charge on any atom is 0.328 e. The van der Waals surface area contributed by atoms with Crippen molar-refractivity contribution >= 4 is 53.0 Å². The van der Waals surface area contributed by atoms with Gasteiger partial charge in [-0.25, -0.2) is 9.18 Å². The Kier molecular flexibility index (Phi) is 13.2. The molecular weight excluding hydrogens is 759 g/mol. The van der Waals surface area contributed by atoms with Crippen molar-refractivity contribution in [2.75, 3.05) is 26.2 Å². The van der Waals surface area contributed by atoms with Gasteiger partial charge >= 0.3 is 5.97 Å². The van der Waals surface area contributed by atoms with Crippen LogP contribution in [0, 0.1) is 18.7 Å². The molecule has 6 amide bonds. The Labute approximate surface area is 336 Å². The highest BCUT2D eigenvalue weighted by Crippen LogP contribution is 2.28. The topological polar surface area (TPSA) is 175 Å². The van der Waals surface area contributed by atoms with Gasteiger partial charge in [-0.05, 0) is 81.5 Å². The molecular formula is C41H50ClFN6O8. The molecule has 0 aromatic heterocycles. The van der Waals surface area contributed by atoms with E-state index in [1.165, 1.54) is 26.8 Å². The first kappa shape index (κ1) is 41.6. The zero-order valence-electron chi connectivity index (χ0n) is 32.4. The number of aryl methyl sites for hydroxylation is 1. The number of nitrogens with zero attached hydrogens (tertiary/aromatic N) is 3. The predicted octanol–water partition coefficient (Wildman–Crippen LogP) is 2.21. The zero-order chi connectivity index (χ0) is 41.0. The number of esters is 1. The van der Waals surface area contributed by atoms with Gasteiger partial charge in [0.1, 0.15) is 48.7 Å². The third-order valence-electron chi connectivity index (χ3n) is 11.3. The Hall–Kier alpha value is -5.05. The third-order valence-corrected chi connectivity index (χ3v) is 11.5. The van der Waals surface area contributed by atoms with Gasteiger partial charge in [-0.1, -0.05) is 54.4 Å². The minimum Gasteiger partial charge on any atom is -0.461 e. The van der Waals surface area contributed by atoms with E-state index < -0.39 is 96.5 Å². The van der Waals surface area contributed by atoms with Gasteiger partial charge in [-0.15, -0.1) is 0 Å². The number of hydrogen-bond donors (Lipinski definition) is 3. The molecule has 0 radical (unpaired) electrons. The van der Waals surface area contributed by atoms with Crippen molar-refractivity contribution < 1.29 is 42.7 Å². The normalized spacial score (nSPS) is 26.5. The van der Waals surface area contributed by atoms with Crippen LogP contribution in [-0.2, 0) is 51.1 Å². The van der Waals surface area contributed by atoms with Crippen LogP contribution in [0.1, 0.15) is 69.1 Å². The Morgan fingerprint density at radius 3 is 2.40 bits per heavy atom. The average molecular weight is 809 g/mol. The number of fused-ring (bicyclic) bond motifs is 3. The molecule has 0 bridgehead atoms. The van der Waals surface area contributed by atoms with Crippen LogP contribution in [0.25, 0.3) is 0 Å². The number of rotatable bonds is 7. The minimum atomic E-state index is -1.49. The van der Waals surface area contributed by atoms with Gasteiger partial charge in [0.05, 0.1) is 6.42 Å². The molecule has 14 nitrogen and oxygen atoms in total. The molecule has 0 aliphatic carbocycles. The number of amides is 6. The number of nitrogens with one attached hydrogen (secondary N) is 3. The molecule has 4 heterocycles. The molecule has 2 aromatic rings. The van der Waals surface area contributed by atoms with E-state index in [2.05, 4.69) is 16.0 Å². The quantitative estimate of drug-likeness (QED) is 0.357. The summed E-state index contributed by atoms with van der Waals surface area (Å²) < 4.78 is 20.4. The summed E-state index contributed by atoms with van der Waals surface area (Å²) in [5.74, 6) is -5.04. The fraction of sp³-hybridized carbons (Fsp3) is 0.537. The summed E-state index contributed by atoms with van der Waals surface area (Å²) in [4.78, 5) is 102. The lowest BCUT2D eigenvalue weighted by Gasteiger charge is -2.39. The monoisotopic (exact) mass is 808 g/mol. The number of carbonyl (C=O) groups is 7. The van der Waals surface area contributed by atoms with E-state index in [1.54, 1.807) is 19.1 Å². The molecule has 7 atom stereocenters. The molecule has 2 aromatic carbocycles. The number of hydrogen-bond acceptors (Lipinski definition) is 8. The smallest absolute Gasteiger partial charge is 0.328 e. The summed E-state index contributed by atoms with van der Waals surface area (Å²) in [5.41, 5.74) is 1.67. The van der Waals surface area contributed by atoms with Crippen molar-refractivity contribution in [1.82, 2.24) is 30.7 Å². The second-order valence-electron chi connectivity index (χ2n) is 15.7. The van der Waals surface area contributed by atoms with Crippen LogP contribution >= 0.6 is 11.6 Å². The molecule has 6 rings (SSSR count). The van der Waals surface area contributed by atoms with Crippen LogP contribution in [0.4, 0.5) is 4.39 Å². The number of halogens is 2. The summed E-state index contributed by atoms with van der Waals surface area (Å²) >= 11 is 5.90. The van der Waals surface area contributed by atoms with Gasteiger partial charge in [0.15, 0.2) is 0 Å². The van der Waals surface area contributed by atoms with Crippen LogP contribution in [0.15, 0.2) is 42.5 Å². The first-order valence-electron chi connectivity index (χ1n) is 19.7. The lowest BCUT2D eigenvalue weighted by molar-refractivity contribution is -0.158. The first-order chi connectivity index (χ1) is 27.2. The van der Waals surface area contributed by atoms with Crippen molar-refractivity contribution in [2.24, 2.45) is 5.92 Å². The van der Waals surface area contributed by atoms with Crippen molar-refractivity contribution in [3.63, 3.8) is 0 Å². The Morgan fingerprint density at radius 1 is 0.912 bits per heavy atom. The molecule has 4 fully saturated rings. The fourth-order valence-corrected chi connectivity index (χ4v) is 8.51. The summed E-state index contributed by atoms with van der Waals surface area (Å²) in [6.07, 6.45) is 2.40. The van der Waals surface area contributed by atoms with Crippen LogP contribution in [-0.4, -0.2) is 119 Å². The van der Waals surface area contributed by atoms with E-state index in [4.69, 9.17) is 16.3 Å². The Bertz CT molecular complexity index is 1910. The van der Waals surface area contributed by atoms with E-state index in [0.29, 0.717) is 44.2 Å². The van der Waals surface area contributed by atoms with Crippen molar-refractivity contribution in [1.29, 1.82) is 0 Å². The van der Waals surface area contributed by atoms with Gasteiger partial charge < -0.3 is 35.4 Å². The van der Waals surface area contributed by atoms with E-state index in [1.807, 2.05) is 26.0 Å². The van der Waals surface area contributed by atoms with Gasteiger partial charge in [-0.2, -0.15) is 0 Å². The molecule has 57 heavy (non-hydrogen) atoms. The molecule has 4 aliphatic heterocycles. The van der Waals surface area contributed by atoms with Gasteiger partial charge in [0.2, 0.25) is 35.4 Å². The van der Waals surface area contributed by atoms with E-state index in [9.17, 15) is 38.0 Å². The number of benzene rings is 2. The fourth-order valence-electron chi connectivity index (χ4n) is 8.36. The predicted molar refractivity (Wildman–Crippen MR) is 206 cm³/mol. The van der Waals surface area contributed by atoms with Gasteiger partial charge in [0, 0.05) is 31.1 Å². The molecule has 4 aliphatic rings. The van der Waals surface area contributed by atoms with Crippen molar-refractivity contribution in [3.8, 4) is 0 Å². The standard InChI is InChI=1S/C41H50ClFN6O8/c1-23-8-6-9-26(16-23)18-30(45-35(50)19-27-12-13-28(42)20-29(27)43)36(51)46-31-22-57-41(56)34-17-24(2)21-49(34)38(53)25(3)44-37(52)32-10-4-5-14-47(32)40(55)33-11-7-15-48(33)39(31)54/h6,8-9,12-13,16,20,24-25,30-34H,4-5,7,10-11,14-15,17-19,21-22H2,1-3H3,(H,44,52)(H,45,50)(H,46,51)/t24-,25-,30-,31-,32-,33-,34-/m0/s1. The average Bonchev–Trinajstić information content (AvgIpc) is 3.83. The van der Waals surface area contributed by atoms with Crippen molar-refractivity contribution in [2.45, 2.75) is 108 Å². The van der Waals surface area contributed by atoms with E-state index in [0.717, 1.165) is 11.6 Å². The maximum absolute atomic E-state index is 14.7. The molecule has 16 heteroatoms. The van der Waals surface area contributed by atoms with Gasteiger partial charge in [0.25, 0.3) is 0 Å². The number of carbonyl (C=O) groups excluding carboxylic acids is 7. The molecule has 0 unspecified atom stereocenters. The van der Waals surface area contributed by atoms with E-state index in [-0.39, 0.29) is 42.4 Å². The number of cyclic esters (lactones) is 1. The second kappa shape index (κ2) is 18.0. The zero-order valence-corrected chi connectivity index (χ0v) is 33.2. The molecule has 306 valence electrons. The SMILES string of the molecule is Cc1cccc(C[C@H](NC(=O)Cc2ccc(Cl)cc2F)C(=O)N[C@H]2COC(=O)[C@@H]3C[C@H](C)CN3C(=O)[C@H](C)NC(=O)[C@@H]3CCCCN3C(=O)[C@@H]3CCCN3C2=O)c1. The summed E-state index contributed by atoms with van der Waals surface area (Å²) in [7, 11) is 0. The highest BCUT2D eigenvalue weighted by atomic mass is 35.5. The Morgan fingerprint density at radius 2 is 1.65 bits per heavy atom. The van der Waals surface area contributed by atoms with Crippen LogP contribution < -0.4 is 16.0 Å². The van der Waals surface area contributed by atoms with Crippen LogP contribution in [0.3, 0.4) is 0 Å². The maximum atomic E-state index is 14.7.